The molecule has 1 aromatic heterocycles. The fraction of sp³-hybridized carbons (Fsp3) is 0.846. The molecule has 2 aliphatic rings. The molecule has 0 aromatic carbocycles. The van der Waals surface area contributed by atoms with Gasteiger partial charge in [-0.25, -0.2) is 0 Å². The molecule has 1 saturated carbocycles. The van der Waals surface area contributed by atoms with E-state index in [1.807, 2.05) is 0 Å². The van der Waals surface area contributed by atoms with Gasteiger partial charge in [0.2, 0.25) is 5.89 Å². The van der Waals surface area contributed by atoms with Crippen molar-refractivity contribution in [1.29, 1.82) is 0 Å². The molecule has 0 unspecified atom stereocenters. The summed E-state index contributed by atoms with van der Waals surface area (Å²) in [5, 5.41) is 4.11. The monoisotopic (exact) mass is 266 g/mol. The molecule has 1 aliphatic heterocycles. The number of rotatable bonds is 3. The van der Waals surface area contributed by atoms with Gasteiger partial charge in [0.05, 0.1) is 13.2 Å². The van der Waals surface area contributed by atoms with Crippen LogP contribution in [0.15, 0.2) is 4.52 Å². The van der Waals surface area contributed by atoms with E-state index in [-0.39, 0.29) is 0 Å². The number of aromatic nitrogens is 2. The van der Waals surface area contributed by atoms with Crippen molar-refractivity contribution >= 4 is 5.95 Å². The van der Waals surface area contributed by atoms with Crippen molar-refractivity contribution in [1.82, 2.24) is 10.1 Å². The Hall–Kier alpha value is -1.14. The number of morpholine rings is 1. The topological polar surface area (TPSA) is 77.4 Å². The summed E-state index contributed by atoms with van der Waals surface area (Å²) in [6, 6.07) is 0. The summed E-state index contributed by atoms with van der Waals surface area (Å²) in [5.41, 5.74) is 5.72. The maximum absolute atomic E-state index is 5.72. The molecule has 19 heavy (non-hydrogen) atoms. The van der Waals surface area contributed by atoms with Crippen LogP contribution in [0.2, 0.25) is 0 Å². The summed E-state index contributed by atoms with van der Waals surface area (Å²) in [7, 11) is 0. The Morgan fingerprint density at radius 1 is 1.16 bits per heavy atom. The SMILES string of the molecule is NCC1CCC(c2nc(N3CCOCC3)no2)CC1. The number of hydrogen-bond donors (Lipinski definition) is 1. The number of anilines is 1. The van der Waals surface area contributed by atoms with Crippen molar-refractivity contribution in [3.05, 3.63) is 5.89 Å². The highest BCUT2D eigenvalue weighted by molar-refractivity contribution is 5.28. The van der Waals surface area contributed by atoms with Gasteiger partial charge in [0.1, 0.15) is 0 Å². The van der Waals surface area contributed by atoms with Crippen LogP contribution in [-0.4, -0.2) is 43.0 Å². The zero-order valence-corrected chi connectivity index (χ0v) is 11.3. The Kier molecular flexibility index (Phi) is 3.98. The van der Waals surface area contributed by atoms with Crippen molar-refractivity contribution in [2.75, 3.05) is 37.7 Å². The minimum absolute atomic E-state index is 0.421. The highest BCUT2D eigenvalue weighted by atomic mass is 16.5. The van der Waals surface area contributed by atoms with Crippen LogP contribution in [0.5, 0.6) is 0 Å². The summed E-state index contributed by atoms with van der Waals surface area (Å²) < 4.78 is 10.8. The number of nitrogens with zero attached hydrogens (tertiary/aromatic N) is 3. The lowest BCUT2D eigenvalue weighted by Gasteiger charge is -2.25. The van der Waals surface area contributed by atoms with Gasteiger partial charge >= 0.3 is 0 Å². The lowest BCUT2D eigenvalue weighted by Crippen LogP contribution is -2.36. The van der Waals surface area contributed by atoms with Gasteiger partial charge in [-0.15, -0.1) is 0 Å². The van der Waals surface area contributed by atoms with E-state index in [0.717, 1.165) is 57.5 Å². The van der Waals surface area contributed by atoms with Crippen molar-refractivity contribution in [3.63, 3.8) is 0 Å². The van der Waals surface area contributed by atoms with Crippen LogP contribution in [0.25, 0.3) is 0 Å². The Labute approximate surface area is 113 Å². The molecule has 0 bridgehead atoms. The third-order valence-corrected chi connectivity index (χ3v) is 4.25. The Bertz CT molecular complexity index is 395. The number of ether oxygens (including phenoxy) is 1. The van der Waals surface area contributed by atoms with Crippen LogP contribution in [0.3, 0.4) is 0 Å². The van der Waals surface area contributed by atoms with Gasteiger partial charge in [0, 0.05) is 19.0 Å². The lowest BCUT2D eigenvalue weighted by atomic mass is 9.82. The molecule has 1 aromatic rings. The van der Waals surface area contributed by atoms with E-state index in [9.17, 15) is 0 Å². The molecular formula is C13H22N4O2. The lowest BCUT2D eigenvalue weighted by molar-refractivity contribution is 0.121. The fourth-order valence-corrected chi connectivity index (χ4v) is 2.93. The van der Waals surface area contributed by atoms with Crippen molar-refractivity contribution in [2.24, 2.45) is 11.7 Å². The van der Waals surface area contributed by atoms with Crippen LogP contribution < -0.4 is 10.6 Å². The van der Waals surface area contributed by atoms with Gasteiger partial charge in [0.25, 0.3) is 5.95 Å². The van der Waals surface area contributed by atoms with Crippen molar-refractivity contribution in [3.8, 4) is 0 Å². The van der Waals surface area contributed by atoms with E-state index in [1.54, 1.807) is 0 Å². The van der Waals surface area contributed by atoms with Crippen LogP contribution >= 0.6 is 0 Å². The molecule has 0 atom stereocenters. The van der Waals surface area contributed by atoms with Gasteiger partial charge in [-0.2, -0.15) is 4.98 Å². The highest BCUT2D eigenvalue weighted by Gasteiger charge is 2.27. The molecule has 1 aliphatic carbocycles. The normalized spacial score (nSPS) is 28.6. The average Bonchev–Trinajstić information content (AvgIpc) is 2.98. The van der Waals surface area contributed by atoms with Crippen LogP contribution in [0.4, 0.5) is 5.95 Å². The Balaban J connectivity index is 1.61. The maximum Gasteiger partial charge on any atom is 0.266 e. The highest BCUT2D eigenvalue weighted by Crippen LogP contribution is 2.35. The first kappa shape index (κ1) is 12.9. The second-order valence-electron chi connectivity index (χ2n) is 5.49. The van der Waals surface area contributed by atoms with E-state index < -0.39 is 0 Å². The van der Waals surface area contributed by atoms with Crippen molar-refractivity contribution in [2.45, 2.75) is 31.6 Å². The Morgan fingerprint density at radius 3 is 2.58 bits per heavy atom. The quantitative estimate of drug-likeness (QED) is 0.884. The zero-order chi connectivity index (χ0) is 13.1. The van der Waals surface area contributed by atoms with Crippen LogP contribution in [-0.2, 0) is 4.74 Å². The summed E-state index contributed by atoms with van der Waals surface area (Å²) in [4.78, 5) is 6.70. The van der Waals surface area contributed by atoms with Gasteiger partial charge in [-0.3, -0.25) is 0 Å². The molecule has 0 radical (unpaired) electrons. The summed E-state index contributed by atoms with van der Waals surface area (Å²) in [6.07, 6.45) is 4.59. The molecule has 6 heteroatoms. The largest absolute Gasteiger partial charge is 0.378 e. The van der Waals surface area contributed by atoms with Crippen LogP contribution in [0, 0.1) is 5.92 Å². The van der Waals surface area contributed by atoms with Crippen molar-refractivity contribution < 1.29 is 9.26 Å². The first-order valence-electron chi connectivity index (χ1n) is 7.23. The fourth-order valence-electron chi connectivity index (χ4n) is 2.93. The molecule has 1 saturated heterocycles. The van der Waals surface area contributed by atoms with Gasteiger partial charge in [0.15, 0.2) is 0 Å². The molecule has 106 valence electrons. The van der Waals surface area contributed by atoms with E-state index in [4.69, 9.17) is 15.0 Å². The second-order valence-corrected chi connectivity index (χ2v) is 5.49. The first-order valence-corrected chi connectivity index (χ1v) is 7.23. The van der Waals surface area contributed by atoms with Gasteiger partial charge in [-0.1, -0.05) is 0 Å². The molecule has 6 nitrogen and oxygen atoms in total. The standard InChI is InChI=1S/C13H22N4O2/c14-9-10-1-3-11(4-2-10)12-15-13(16-19-12)17-5-7-18-8-6-17/h10-11H,1-9,14H2. The van der Waals surface area contributed by atoms with E-state index in [0.29, 0.717) is 11.8 Å². The maximum atomic E-state index is 5.72. The number of nitrogens with two attached hydrogens (primary N) is 1. The molecule has 2 fully saturated rings. The third kappa shape index (κ3) is 2.90. The van der Waals surface area contributed by atoms with E-state index >= 15 is 0 Å². The molecule has 0 amide bonds. The smallest absolute Gasteiger partial charge is 0.266 e. The summed E-state index contributed by atoms with van der Waals surface area (Å²) in [5.74, 6) is 2.62. The number of hydrogen-bond acceptors (Lipinski definition) is 6. The van der Waals surface area contributed by atoms with Crippen LogP contribution in [0.1, 0.15) is 37.5 Å². The molecule has 2 N–H and O–H groups in total. The predicted octanol–water partition coefficient (Wildman–Crippen LogP) is 1.14. The minimum Gasteiger partial charge on any atom is -0.378 e. The molecular weight excluding hydrogens is 244 g/mol. The molecule has 0 spiro atoms. The molecule has 2 heterocycles. The second kappa shape index (κ2) is 5.88. The first-order chi connectivity index (χ1) is 9.36. The van der Waals surface area contributed by atoms with Gasteiger partial charge < -0.3 is 19.9 Å². The van der Waals surface area contributed by atoms with Gasteiger partial charge in [-0.05, 0) is 43.3 Å². The van der Waals surface area contributed by atoms with E-state index in [2.05, 4.69) is 15.0 Å². The molecule has 3 rings (SSSR count). The average molecular weight is 266 g/mol. The zero-order valence-electron chi connectivity index (χ0n) is 11.3. The predicted molar refractivity (Wildman–Crippen MR) is 71.1 cm³/mol. The van der Waals surface area contributed by atoms with E-state index in [1.165, 1.54) is 12.8 Å². The minimum atomic E-state index is 0.421. The third-order valence-electron chi connectivity index (χ3n) is 4.25. The summed E-state index contributed by atoms with van der Waals surface area (Å²) >= 11 is 0. The summed E-state index contributed by atoms with van der Waals surface area (Å²) in [6.45, 7) is 3.98. The Morgan fingerprint density at radius 2 is 1.89 bits per heavy atom.